The fourth-order valence-corrected chi connectivity index (χ4v) is 4.95. The Hall–Kier alpha value is -2.74. The minimum atomic E-state index is -0.211. The third kappa shape index (κ3) is 6.19. The molecule has 33 heavy (non-hydrogen) atoms. The van der Waals surface area contributed by atoms with Gasteiger partial charge in [0.1, 0.15) is 13.2 Å². The average molecular weight is 474 g/mol. The fraction of sp³-hybridized carbons (Fsp3) is 0.520. The summed E-state index contributed by atoms with van der Waals surface area (Å²) in [4.78, 5) is 30.9. The zero-order valence-electron chi connectivity index (χ0n) is 20.0. The summed E-state index contributed by atoms with van der Waals surface area (Å²) < 4.78 is 11.5. The van der Waals surface area contributed by atoms with Gasteiger partial charge in [0.05, 0.1) is 13.2 Å². The Morgan fingerprint density at radius 2 is 2.00 bits per heavy atom. The van der Waals surface area contributed by atoms with Crippen LogP contribution in [0.3, 0.4) is 0 Å². The number of nitrogens with zero attached hydrogens (tertiary/aromatic N) is 2. The fourth-order valence-electron chi connectivity index (χ4n) is 4.02. The molecule has 3 amide bonds. The maximum absolute atomic E-state index is 13.5. The molecule has 0 saturated heterocycles. The Labute approximate surface area is 200 Å². The quantitative estimate of drug-likeness (QED) is 0.557. The maximum atomic E-state index is 13.5. The van der Waals surface area contributed by atoms with Crippen LogP contribution in [0.5, 0.6) is 11.5 Å². The highest BCUT2D eigenvalue weighted by molar-refractivity contribution is 7.10. The van der Waals surface area contributed by atoms with Crippen LogP contribution in [0.2, 0.25) is 0 Å². The van der Waals surface area contributed by atoms with Crippen LogP contribution < -0.4 is 14.8 Å². The Bertz CT molecular complexity index is 932. The molecule has 1 N–H and O–H groups in total. The summed E-state index contributed by atoms with van der Waals surface area (Å²) in [5, 5.41) is 4.91. The van der Waals surface area contributed by atoms with Crippen molar-refractivity contribution in [3.63, 3.8) is 0 Å². The monoisotopic (exact) mass is 473 g/mol. The van der Waals surface area contributed by atoms with E-state index in [0.29, 0.717) is 43.7 Å². The number of carbonyl (C=O) groups excluding carboxylic acids is 2. The second-order valence-corrected chi connectivity index (χ2v) is 9.34. The van der Waals surface area contributed by atoms with E-state index in [9.17, 15) is 9.59 Å². The second kappa shape index (κ2) is 11.9. The van der Waals surface area contributed by atoms with Crippen molar-refractivity contribution in [1.29, 1.82) is 0 Å². The van der Waals surface area contributed by atoms with Gasteiger partial charge in [-0.05, 0) is 48.4 Å². The predicted molar refractivity (Wildman–Crippen MR) is 131 cm³/mol. The zero-order valence-corrected chi connectivity index (χ0v) is 20.8. The van der Waals surface area contributed by atoms with Gasteiger partial charge in [-0.15, -0.1) is 11.3 Å². The van der Waals surface area contributed by atoms with Crippen molar-refractivity contribution in [1.82, 2.24) is 15.1 Å². The van der Waals surface area contributed by atoms with Gasteiger partial charge in [-0.3, -0.25) is 4.79 Å². The number of ether oxygens (including phenoxy) is 2. The number of hydrogen-bond acceptors (Lipinski definition) is 5. The lowest BCUT2D eigenvalue weighted by Gasteiger charge is -2.37. The summed E-state index contributed by atoms with van der Waals surface area (Å²) in [5.74, 6) is 1.56. The number of nitrogens with one attached hydrogen (secondary N) is 1. The smallest absolute Gasteiger partial charge is 0.317 e. The summed E-state index contributed by atoms with van der Waals surface area (Å²) in [5.41, 5.74) is 1.13. The second-order valence-electron chi connectivity index (χ2n) is 8.34. The van der Waals surface area contributed by atoms with Gasteiger partial charge in [0.25, 0.3) is 0 Å². The summed E-state index contributed by atoms with van der Waals surface area (Å²) in [6.45, 7) is 8.14. The van der Waals surface area contributed by atoms with Crippen LogP contribution in [0.1, 0.15) is 43.7 Å². The van der Waals surface area contributed by atoms with Gasteiger partial charge >= 0.3 is 6.03 Å². The molecule has 2 atom stereocenters. The first kappa shape index (κ1) is 24.9. The molecule has 3 rings (SSSR count). The summed E-state index contributed by atoms with van der Waals surface area (Å²) >= 11 is 1.72. The molecule has 0 radical (unpaired) electrons. The first-order valence-corrected chi connectivity index (χ1v) is 12.5. The SMILES string of the molecule is CCNC(=O)N(CC(=O)N1CCc2sccc2[C@@H]1COc1ccccc1OC)C[C@H](C)CC. The summed E-state index contributed by atoms with van der Waals surface area (Å²) in [6.07, 6.45) is 1.76. The molecule has 0 unspecified atom stereocenters. The van der Waals surface area contributed by atoms with E-state index in [4.69, 9.17) is 9.47 Å². The highest BCUT2D eigenvalue weighted by atomic mass is 32.1. The van der Waals surface area contributed by atoms with Crippen molar-refractivity contribution in [2.24, 2.45) is 5.92 Å². The van der Waals surface area contributed by atoms with E-state index >= 15 is 0 Å². The van der Waals surface area contributed by atoms with Gasteiger partial charge in [0.2, 0.25) is 5.91 Å². The molecule has 0 bridgehead atoms. The summed E-state index contributed by atoms with van der Waals surface area (Å²) in [7, 11) is 1.61. The van der Waals surface area contributed by atoms with Crippen LogP contribution in [0, 0.1) is 5.92 Å². The lowest BCUT2D eigenvalue weighted by Crippen LogP contribution is -2.50. The molecule has 2 heterocycles. The average Bonchev–Trinajstić information content (AvgIpc) is 3.31. The van der Waals surface area contributed by atoms with Gasteiger partial charge in [0.15, 0.2) is 11.5 Å². The largest absolute Gasteiger partial charge is 0.493 e. The predicted octanol–water partition coefficient (Wildman–Crippen LogP) is 4.34. The molecular formula is C25H35N3O4S. The minimum absolute atomic E-state index is 0.0564. The van der Waals surface area contributed by atoms with Crippen molar-refractivity contribution < 1.29 is 19.1 Å². The lowest BCUT2D eigenvalue weighted by molar-refractivity contribution is -0.135. The van der Waals surface area contributed by atoms with Crippen molar-refractivity contribution >= 4 is 23.3 Å². The van der Waals surface area contributed by atoms with Gasteiger partial charge in [-0.1, -0.05) is 32.4 Å². The number of fused-ring (bicyclic) bond motifs is 1. The number of methoxy groups -OCH3 is 1. The van der Waals surface area contributed by atoms with Crippen molar-refractivity contribution in [3.8, 4) is 11.5 Å². The molecule has 0 fully saturated rings. The maximum Gasteiger partial charge on any atom is 0.317 e. The number of thiophene rings is 1. The molecule has 8 heteroatoms. The van der Waals surface area contributed by atoms with Crippen LogP contribution in [-0.2, 0) is 11.2 Å². The number of para-hydroxylation sites is 2. The van der Waals surface area contributed by atoms with E-state index in [-0.39, 0.29) is 24.5 Å². The van der Waals surface area contributed by atoms with E-state index in [1.807, 2.05) is 36.1 Å². The van der Waals surface area contributed by atoms with Crippen molar-refractivity contribution in [3.05, 3.63) is 46.2 Å². The standard InChI is InChI=1S/C25H35N3O4S/c1-5-18(3)15-27(25(30)26-6-2)16-24(29)28-13-11-23-19(12-14-33-23)20(28)17-32-22-10-8-7-9-21(22)31-4/h7-10,12,14,18,20H,5-6,11,13,15-17H2,1-4H3,(H,26,30)/t18-,20+/m1/s1. The van der Waals surface area contributed by atoms with Gasteiger partial charge in [-0.2, -0.15) is 0 Å². The van der Waals surface area contributed by atoms with Crippen molar-refractivity contribution in [2.75, 3.05) is 39.9 Å². The van der Waals surface area contributed by atoms with Crippen LogP contribution >= 0.6 is 11.3 Å². The molecule has 1 aliphatic heterocycles. The highest BCUT2D eigenvalue weighted by Crippen LogP contribution is 2.35. The lowest BCUT2D eigenvalue weighted by atomic mass is 10.00. The van der Waals surface area contributed by atoms with Crippen LogP contribution in [0.4, 0.5) is 4.79 Å². The van der Waals surface area contributed by atoms with Gasteiger partial charge < -0.3 is 24.6 Å². The highest BCUT2D eigenvalue weighted by Gasteiger charge is 2.33. The third-order valence-electron chi connectivity index (χ3n) is 6.05. The van der Waals surface area contributed by atoms with Crippen molar-refractivity contribution in [2.45, 2.75) is 39.7 Å². The van der Waals surface area contributed by atoms with Crippen LogP contribution in [-0.4, -0.2) is 61.6 Å². The van der Waals surface area contributed by atoms with E-state index in [2.05, 4.69) is 30.6 Å². The van der Waals surface area contributed by atoms with Crippen LogP contribution in [0.15, 0.2) is 35.7 Å². The third-order valence-corrected chi connectivity index (χ3v) is 7.05. The van der Waals surface area contributed by atoms with E-state index in [1.165, 1.54) is 4.88 Å². The minimum Gasteiger partial charge on any atom is -0.493 e. The van der Waals surface area contributed by atoms with E-state index < -0.39 is 0 Å². The van der Waals surface area contributed by atoms with Crippen LogP contribution in [0.25, 0.3) is 0 Å². The molecule has 0 saturated carbocycles. The molecule has 180 valence electrons. The molecule has 7 nitrogen and oxygen atoms in total. The van der Waals surface area contributed by atoms with Gasteiger partial charge in [-0.25, -0.2) is 4.79 Å². The molecule has 1 aromatic carbocycles. The number of benzene rings is 1. The number of carbonyl (C=O) groups is 2. The van der Waals surface area contributed by atoms with Gasteiger partial charge in [0, 0.05) is 24.5 Å². The first-order valence-electron chi connectivity index (χ1n) is 11.6. The van der Waals surface area contributed by atoms with E-state index in [1.54, 1.807) is 23.3 Å². The topological polar surface area (TPSA) is 71.1 Å². The molecular weight excluding hydrogens is 438 g/mol. The van der Waals surface area contributed by atoms with E-state index in [0.717, 1.165) is 18.4 Å². The number of hydrogen-bond donors (Lipinski definition) is 1. The normalized spacial score (nSPS) is 16.0. The molecule has 1 aliphatic rings. The Kier molecular flexibility index (Phi) is 9.00. The molecule has 2 aromatic rings. The number of urea groups is 1. The summed E-state index contributed by atoms with van der Waals surface area (Å²) in [6, 6.07) is 9.19. The Balaban J connectivity index is 1.78. The zero-order chi connectivity index (χ0) is 23.8. The number of amides is 3. The molecule has 0 spiro atoms. The molecule has 0 aliphatic carbocycles. The molecule has 1 aromatic heterocycles. The first-order chi connectivity index (χ1) is 16.0. The number of rotatable bonds is 10. The Morgan fingerprint density at radius 3 is 2.70 bits per heavy atom. The Morgan fingerprint density at radius 1 is 1.24 bits per heavy atom.